The van der Waals surface area contributed by atoms with E-state index in [1.807, 2.05) is 0 Å². The molecule has 0 aliphatic heterocycles. The van der Waals surface area contributed by atoms with Gasteiger partial charge >= 0.3 is 47.8 Å². The van der Waals surface area contributed by atoms with Crippen LogP contribution in [0.2, 0.25) is 0 Å². The fraction of sp³-hybridized carbons (Fsp3) is 0.500. The molecule has 0 aromatic heterocycles. The summed E-state index contributed by atoms with van der Waals surface area (Å²) in [4.78, 5) is 216. The number of carbonyl (C=O) groups is 16. The van der Waals surface area contributed by atoms with Gasteiger partial charge in [0.25, 0.3) is 0 Å². The molecule has 120 heavy (non-hydrogen) atoms. The second-order valence-corrected chi connectivity index (χ2v) is 29.5. The number of carbonyl (C=O) groups excluding carboxylic acids is 8. The number of fused-ring (bicyclic) bond motifs is 8. The molecule has 40 nitrogen and oxygen atoms in total. The molecule has 4 aromatic rings. The third-order valence-electron chi connectivity index (χ3n) is 19.9. The lowest BCUT2D eigenvalue weighted by Gasteiger charge is -2.32. The van der Waals surface area contributed by atoms with Crippen molar-refractivity contribution < 1.29 is 155 Å². The largest absolute Gasteiger partial charge is 0.496 e. The molecule has 5 rings (SSSR count). The van der Waals surface area contributed by atoms with Crippen molar-refractivity contribution in [2.45, 2.75) is 179 Å². The molecule has 4 aromatic carbocycles. The molecule has 1 aliphatic rings. The first kappa shape index (κ1) is 97.4. The Hall–Kier alpha value is -13.2. The van der Waals surface area contributed by atoms with E-state index < -0.39 is 242 Å². The number of amides is 8. The van der Waals surface area contributed by atoms with Gasteiger partial charge in [0.15, 0.2) is 0 Å². The van der Waals surface area contributed by atoms with Crippen molar-refractivity contribution >= 4 is 95.0 Å². The average molecular weight is 1690 g/mol. The van der Waals surface area contributed by atoms with Gasteiger partial charge in [0.05, 0.1) is 82.6 Å². The predicted octanol–water partition coefficient (Wildman–Crippen LogP) is 2.90. The number of hydrogen-bond donors (Lipinski definition) is 16. The Morgan fingerprint density at radius 2 is 0.392 bits per heavy atom. The van der Waals surface area contributed by atoms with Crippen LogP contribution in [0, 0.1) is 23.7 Å². The molecule has 0 spiro atoms. The third-order valence-corrected chi connectivity index (χ3v) is 19.9. The SMILES string of the molecule is COc1cc(OC)c2cc1C(CC(=O)N[C@H](C(=O)N[C@@H](CC(=O)O)C(=O)O)C(C)C)c1cc(c(OC)cc1OC)C(CC(=O)N[C@H](C(=O)N[C@@H](CC(=O)O)C(=O)O)C(C)C)c1cc(c(OC)cc1OC)C(CC(=O)N[C@H](C(=O)N[C@@H](CC(=O)O)C(=O)O)C(C)C)c1cc(c(OC)cc1OC)C2CC(=O)N[C@H](C(=O)N[C@@H](CC(=O)O)C(=O)O)C(C)C. The van der Waals surface area contributed by atoms with E-state index in [1.165, 1.54) is 161 Å². The first-order valence-electron chi connectivity index (χ1n) is 37.5. The minimum Gasteiger partial charge on any atom is -0.496 e. The summed E-state index contributed by atoms with van der Waals surface area (Å²) < 4.78 is 49.6. The highest BCUT2D eigenvalue weighted by molar-refractivity contribution is 5.96. The van der Waals surface area contributed by atoms with Gasteiger partial charge in [0, 0.05) is 118 Å². The van der Waals surface area contributed by atoms with Crippen molar-refractivity contribution in [3.05, 3.63) is 93.0 Å². The Bertz CT molecular complexity index is 3850. The predicted molar refractivity (Wildman–Crippen MR) is 418 cm³/mol. The number of carboxylic acids is 8. The van der Waals surface area contributed by atoms with Crippen LogP contribution in [-0.4, -0.2) is 241 Å². The Kier molecular flexibility index (Phi) is 35.6. The lowest BCUT2D eigenvalue weighted by molar-refractivity contribution is -0.147. The summed E-state index contributed by atoms with van der Waals surface area (Å²) >= 11 is 0. The Labute approximate surface area is 688 Å². The van der Waals surface area contributed by atoms with Crippen molar-refractivity contribution in [3.8, 4) is 46.0 Å². The summed E-state index contributed by atoms with van der Waals surface area (Å²) in [5.74, 6) is -32.3. The second kappa shape index (κ2) is 43.8. The number of carboxylic acid groups (broad SMARTS) is 8. The van der Waals surface area contributed by atoms with Crippen LogP contribution in [-0.2, 0) is 76.7 Å². The monoisotopic (exact) mass is 1690 g/mol. The molecule has 40 heteroatoms. The molecule has 0 saturated carbocycles. The lowest BCUT2D eigenvalue weighted by atomic mass is 9.77. The van der Waals surface area contributed by atoms with E-state index in [9.17, 15) is 98.4 Å². The number of nitrogens with one attached hydrogen (secondary N) is 8. The summed E-state index contributed by atoms with van der Waals surface area (Å²) in [6.07, 6.45) is -7.55. The number of ether oxygens (including phenoxy) is 8. The van der Waals surface area contributed by atoms with Gasteiger partial charge in [0.1, 0.15) is 94.3 Å². The number of rotatable bonds is 44. The van der Waals surface area contributed by atoms with E-state index in [2.05, 4.69) is 42.5 Å². The van der Waals surface area contributed by atoms with Gasteiger partial charge in [-0.2, -0.15) is 0 Å². The van der Waals surface area contributed by atoms with Crippen LogP contribution in [0.4, 0.5) is 0 Å². The summed E-state index contributed by atoms with van der Waals surface area (Å²) in [5.41, 5.74) is -0.100. The van der Waals surface area contributed by atoms with Crippen LogP contribution in [0.1, 0.15) is 175 Å². The molecule has 0 heterocycles. The zero-order valence-corrected chi connectivity index (χ0v) is 68.9. The van der Waals surface area contributed by atoms with Crippen LogP contribution in [0.5, 0.6) is 46.0 Å². The minimum absolute atomic E-state index is 0.0125. The standard InChI is InChI=1S/C80H104N8O32/c1-33(2)69(73(101)81-49(77(105)106)25-65(93)94)85-61(89)21-37-41-17-43(55(115-11)29-53(41)113-9)38(22-62(90)86-70(34(3)4)74(102)82-50(78(107)108)26-66(95)96)45-19-47(59(119-15)31-57(45)117-13)40(24-64(92)88-72(36(7)8)76(104)84-52(80(111)112)28-68(99)100)48-20-46(58(118-14)32-60(48)120-16)39(44-18-42(37)54(114-10)30-56(44)116-12)23-63(91)87-71(35(5)6)75(103)83-51(79(109)110)27-67(97)98/h17-20,29-40,49-52,69-72H,21-28H2,1-16H3,(H,81,101)(H,82,102)(H,83,103)(H,84,104)(H,85,89)(H,86,90)(H,87,91)(H,88,92)(H,93,94)(H,95,96)(H,97,98)(H,99,100)(H,105,106)(H,107,108)(H,109,110)(H,111,112)/t37?,38?,39?,40?,49-,50-,51-,52-,69-,70-,71-,72-/m0/s1. The van der Waals surface area contributed by atoms with Gasteiger partial charge in [-0.05, 0) is 47.9 Å². The van der Waals surface area contributed by atoms with Crippen LogP contribution in [0.15, 0.2) is 48.5 Å². The molecule has 0 radical (unpaired) electrons. The Balaban J connectivity index is 2.16. The van der Waals surface area contributed by atoms with E-state index in [1.54, 1.807) is 0 Å². The number of benzene rings is 4. The highest BCUT2D eigenvalue weighted by atomic mass is 16.5. The molecule has 0 saturated heterocycles. The van der Waals surface area contributed by atoms with E-state index in [-0.39, 0.29) is 90.5 Å². The summed E-state index contributed by atoms with van der Waals surface area (Å²) in [6, 6.07) is -3.24. The Morgan fingerprint density at radius 3 is 0.500 bits per heavy atom. The first-order valence-corrected chi connectivity index (χ1v) is 37.5. The van der Waals surface area contributed by atoms with Crippen LogP contribution in [0.25, 0.3) is 0 Å². The highest BCUT2D eigenvalue weighted by Gasteiger charge is 2.42. The van der Waals surface area contributed by atoms with Crippen molar-refractivity contribution in [3.63, 3.8) is 0 Å². The molecule has 8 bridgehead atoms. The first-order chi connectivity index (χ1) is 56.3. The molecule has 8 amide bonds. The lowest BCUT2D eigenvalue weighted by Crippen LogP contribution is -2.54. The maximum atomic E-state index is 15.6. The molecule has 656 valence electrons. The molecule has 1 aliphatic carbocycles. The topological polar surface area (TPSA) is 605 Å². The van der Waals surface area contributed by atoms with Gasteiger partial charge in [0.2, 0.25) is 47.3 Å². The zero-order chi connectivity index (χ0) is 90.3. The number of hydrogen-bond acceptors (Lipinski definition) is 24. The van der Waals surface area contributed by atoms with Gasteiger partial charge in [-0.25, -0.2) is 19.2 Å². The quantitative estimate of drug-likeness (QED) is 0.0303. The van der Waals surface area contributed by atoms with Crippen molar-refractivity contribution in [1.29, 1.82) is 0 Å². The van der Waals surface area contributed by atoms with E-state index in [4.69, 9.17) is 37.9 Å². The van der Waals surface area contributed by atoms with E-state index in [0.717, 1.165) is 0 Å². The summed E-state index contributed by atoms with van der Waals surface area (Å²) in [6.45, 7) is 11.9. The van der Waals surface area contributed by atoms with Gasteiger partial charge in [-0.3, -0.25) is 57.5 Å². The van der Waals surface area contributed by atoms with E-state index >= 15 is 19.2 Å². The Morgan fingerprint density at radius 1 is 0.250 bits per heavy atom. The second-order valence-electron chi connectivity index (χ2n) is 29.5. The fourth-order valence-corrected chi connectivity index (χ4v) is 13.9. The van der Waals surface area contributed by atoms with Gasteiger partial charge < -0.3 is 121 Å². The van der Waals surface area contributed by atoms with Crippen LogP contribution in [0.3, 0.4) is 0 Å². The maximum absolute atomic E-state index is 15.6. The average Bonchev–Trinajstić information content (AvgIpc) is 0.745. The molecule has 16 N–H and O–H groups in total. The molecule has 0 unspecified atom stereocenters. The summed E-state index contributed by atoms with van der Waals surface area (Å²) in [7, 11) is 9.87. The molecule has 0 fully saturated rings. The molecule has 8 atom stereocenters. The number of aliphatic carboxylic acids is 8. The maximum Gasteiger partial charge on any atom is 0.326 e. The fourth-order valence-electron chi connectivity index (χ4n) is 13.9. The van der Waals surface area contributed by atoms with Crippen molar-refractivity contribution in [1.82, 2.24) is 42.5 Å². The zero-order valence-electron chi connectivity index (χ0n) is 68.9. The third kappa shape index (κ3) is 25.4. The number of methoxy groups -OCH3 is 8. The van der Waals surface area contributed by atoms with Crippen molar-refractivity contribution in [2.75, 3.05) is 56.9 Å². The summed E-state index contributed by atoms with van der Waals surface area (Å²) in [5, 5.41) is 98.0. The van der Waals surface area contributed by atoms with E-state index in [0.29, 0.717) is 0 Å². The highest BCUT2D eigenvalue weighted by Crippen LogP contribution is 2.53. The smallest absolute Gasteiger partial charge is 0.326 e. The van der Waals surface area contributed by atoms with Crippen molar-refractivity contribution in [2.24, 2.45) is 23.7 Å². The molecular weight excluding hydrogens is 1580 g/mol. The van der Waals surface area contributed by atoms with Gasteiger partial charge in [-0.1, -0.05) is 55.4 Å². The normalized spacial score (nSPS) is 16.1. The minimum atomic E-state index is -2.00. The molecular formula is C80H104N8O32. The van der Waals surface area contributed by atoms with Crippen LogP contribution >= 0.6 is 0 Å². The van der Waals surface area contributed by atoms with Gasteiger partial charge in [-0.15, -0.1) is 0 Å². The van der Waals surface area contributed by atoms with Crippen LogP contribution < -0.4 is 80.4 Å².